The Morgan fingerprint density at radius 3 is 2.13 bits per heavy atom. The van der Waals surface area contributed by atoms with Crippen LogP contribution in [0, 0.1) is 6.92 Å². The summed E-state index contributed by atoms with van der Waals surface area (Å²) < 4.78 is 0.733. The van der Waals surface area contributed by atoms with Gasteiger partial charge >= 0.3 is 0 Å². The Labute approximate surface area is 182 Å². The van der Waals surface area contributed by atoms with Crippen LogP contribution in [0.15, 0.2) is 77.3 Å². The van der Waals surface area contributed by atoms with Crippen molar-refractivity contribution in [3.63, 3.8) is 0 Å². The van der Waals surface area contributed by atoms with Crippen molar-refractivity contribution in [3.05, 3.63) is 99.5 Å². The zero-order valence-electron chi connectivity index (χ0n) is 16.3. The minimum Gasteiger partial charge on any atom is -0.323 e. The first-order chi connectivity index (χ1) is 14.5. The number of hydrogen-bond donors (Lipinski definition) is 1. The highest BCUT2D eigenvalue weighted by atomic mass is 79.9. The number of hydrogen-bond acceptors (Lipinski definition) is 3. The van der Waals surface area contributed by atoms with Crippen molar-refractivity contribution in [2.45, 2.75) is 19.4 Å². The van der Waals surface area contributed by atoms with Crippen molar-refractivity contribution < 1.29 is 14.4 Å². The van der Waals surface area contributed by atoms with Crippen LogP contribution in [-0.4, -0.2) is 28.7 Å². The lowest BCUT2D eigenvalue weighted by atomic mass is 10.0. The smallest absolute Gasteiger partial charge is 0.262 e. The fourth-order valence-electron chi connectivity index (χ4n) is 3.57. The quantitative estimate of drug-likeness (QED) is 0.563. The van der Waals surface area contributed by atoms with Gasteiger partial charge in [-0.15, -0.1) is 0 Å². The predicted octanol–water partition coefficient (Wildman–Crippen LogP) is 4.60. The molecule has 1 atom stereocenters. The summed E-state index contributed by atoms with van der Waals surface area (Å²) >= 11 is 3.46. The Morgan fingerprint density at radius 1 is 0.933 bits per heavy atom. The van der Waals surface area contributed by atoms with Gasteiger partial charge in [0.25, 0.3) is 11.8 Å². The average Bonchev–Trinajstić information content (AvgIpc) is 3.00. The molecule has 0 radical (unpaired) electrons. The van der Waals surface area contributed by atoms with E-state index in [0.717, 1.165) is 20.5 Å². The van der Waals surface area contributed by atoms with Crippen molar-refractivity contribution in [1.29, 1.82) is 0 Å². The Kier molecular flexibility index (Phi) is 5.50. The SMILES string of the molecule is Cc1ccc(NC(=O)C(Cc2ccccc2)N2C(=O)c3ccccc3C2=O)c(Br)c1. The minimum absolute atomic E-state index is 0.224. The topological polar surface area (TPSA) is 66.5 Å². The van der Waals surface area contributed by atoms with Crippen molar-refractivity contribution in [3.8, 4) is 0 Å². The van der Waals surface area contributed by atoms with E-state index in [1.807, 2.05) is 49.4 Å². The highest BCUT2D eigenvalue weighted by molar-refractivity contribution is 9.10. The van der Waals surface area contributed by atoms with Gasteiger partial charge < -0.3 is 5.32 Å². The van der Waals surface area contributed by atoms with Crippen LogP contribution in [0.4, 0.5) is 5.69 Å². The molecule has 6 heteroatoms. The molecular formula is C24H19BrN2O3. The number of nitrogens with one attached hydrogen (secondary N) is 1. The molecule has 1 unspecified atom stereocenters. The summed E-state index contributed by atoms with van der Waals surface area (Å²) in [6.45, 7) is 1.95. The van der Waals surface area contributed by atoms with E-state index in [0.29, 0.717) is 16.8 Å². The second-order valence-corrected chi connectivity index (χ2v) is 8.06. The molecule has 3 amide bonds. The average molecular weight is 463 g/mol. The molecule has 150 valence electrons. The maximum absolute atomic E-state index is 13.3. The van der Waals surface area contributed by atoms with Crippen molar-refractivity contribution in [1.82, 2.24) is 4.90 Å². The second-order valence-electron chi connectivity index (χ2n) is 7.20. The molecule has 1 aliphatic rings. The van der Waals surface area contributed by atoms with Crippen molar-refractivity contribution >= 4 is 39.3 Å². The Morgan fingerprint density at radius 2 is 1.53 bits per heavy atom. The number of nitrogens with zero attached hydrogens (tertiary/aromatic N) is 1. The Bertz CT molecular complexity index is 1110. The maximum Gasteiger partial charge on any atom is 0.262 e. The third-order valence-corrected chi connectivity index (χ3v) is 5.75. The highest BCUT2D eigenvalue weighted by Crippen LogP contribution is 2.28. The summed E-state index contributed by atoms with van der Waals surface area (Å²) in [5.74, 6) is -1.32. The maximum atomic E-state index is 13.3. The normalized spacial score (nSPS) is 13.9. The number of amides is 3. The molecule has 0 spiro atoms. The van der Waals surface area contributed by atoms with Gasteiger partial charge in [-0.25, -0.2) is 0 Å². The van der Waals surface area contributed by atoms with Gasteiger partial charge in [-0.1, -0.05) is 48.5 Å². The van der Waals surface area contributed by atoms with E-state index in [1.165, 1.54) is 0 Å². The van der Waals surface area contributed by atoms with Crippen LogP contribution in [-0.2, 0) is 11.2 Å². The number of aryl methyl sites for hydroxylation is 1. The molecule has 30 heavy (non-hydrogen) atoms. The molecule has 1 aliphatic heterocycles. The van der Waals surface area contributed by atoms with Gasteiger partial charge in [-0.3, -0.25) is 19.3 Å². The number of fused-ring (bicyclic) bond motifs is 1. The first kappa shape index (κ1) is 20.0. The van der Waals surface area contributed by atoms with Crippen LogP contribution in [0.25, 0.3) is 0 Å². The fraction of sp³-hybridized carbons (Fsp3) is 0.125. The summed E-state index contributed by atoms with van der Waals surface area (Å²) in [6.07, 6.45) is 0.224. The second kappa shape index (κ2) is 8.24. The number of benzene rings is 3. The molecule has 5 nitrogen and oxygen atoms in total. The van der Waals surface area contributed by atoms with E-state index in [4.69, 9.17) is 0 Å². The molecule has 0 saturated heterocycles. The molecule has 0 saturated carbocycles. The molecule has 0 bridgehead atoms. The van der Waals surface area contributed by atoms with Crippen LogP contribution in [0.2, 0.25) is 0 Å². The number of anilines is 1. The third kappa shape index (κ3) is 3.78. The van der Waals surface area contributed by atoms with E-state index >= 15 is 0 Å². The van der Waals surface area contributed by atoms with E-state index in [9.17, 15) is 14.4 Å². The highest BCUT2D eigenvalue weighted by Gasteiger charge is 2.42. The van der Waals surface area contributed by atoms with Gasteiger partial charge in [0.05, 0.1) is 16.8 Å². The molecule has 0 aromatic heterocycles. The molecule has 1 N–H and O–H groups in total. The number of halogens is 1. The number of rotatable bonds is 5. The third-order valence-electron chi connectivity index (χ3n) is 5.09. The van der Waals surface area contributed by atoms with E-state index < -0.39 is 23.8 Å². The lowest BCUT2D eigenvalue weighted by Gasteiger charge is -2.26. The van der Waals surface area contributed by atoms with E-state index in [1.54, 1.807) is 30.3 Å². The van der Waals surface area contributed by atoms with Crippen LogP contribution in [0.3, 0.4) is 0 Å². The molecule has 3 aromatic carbocycles. The lowest BCUT2D eigenvalue weighted by Crippen LogP contribution is -2.48. The zero-order valence-corrected chi connectivity index (χ0v) is 17.8. The van der Waals surface area contributed by atoms with Gasteiger partial charge in [0.2, 0.25) is 5.91 Å². The Hall–Kier alpha value is -3.25. The van der Waals surface area contributed by atoms with Crippen molar-refractivity contribution in [2.24, 2.45) is 0 Å². The zero-order chi connectivity index (χ0) is 21.3. The molecule has 3 aromatic rings. The minimum atomic E-state index is -0.979. The van der Waals surface area contributed by atoms with Crippen LogP contribution in [0.1, 0.15) is 31.8 Å². The van der Waals surface area contributed by atoms with Gasteiger partial charge in [0, 0.05) is 10.9 Å². The standard InChI is InChI=1S/C24H19BrN2O3/c1-15-11-12-20(19(25)13-15)26-22(28)21(14-16-7-3-2-4-8-16)27-23(29)17-9-5-6-10-18(17)24(27)30/h2-13,21H,14H2,1H3,(H,26,28). The number of carbonyl (C=O) groups excluding carboxylic acids is 3. The molecule has 0 aliphatic carbocycles. The van der Waals surface area contributed by atoms with Crippen LogP contribution in [0.5, 0.6) is 0 Å². The number of carbonyl (C=O) groups is 3. The summed E-state index contributed by atoms with van der Waals surface area (Å²) in [4.78, 5) is 40.4. The number of imide groups is 1. The van der Waals surface area contributed by atoms with Crippen LogP contribution >= 0.6 is 15.9 Å². The summed E-state index contributed by atoms with van der Waals surface area (Å²) in [5, 5.41) is 2.87. The van der Waals surface area contributed by atoms with Gasteiger partial charge in [-0.2, -0.15) is 0 Å². The molecular weight excluding hydrogens is 444 g/mol. The van der Waals surface area contributed by atoms with Gasteiger partial charge in [0.1, 0.15) is 6.04 Å². The van der Waals surface area contributed by atoms with E-state index in [2.05, 4.69) is 21.2 Å². The predicted molar refractivity (Wildman–Crippen MR) is 118 cm³/mol. The fourth-order valence-corrected chi connectivity index (χ4v) is 4.16. The van der Waals surface area contributed by atoms with E-state index in [-0.39, 0.29) is 6.42 Å². The Balaban J connectivity index is 1.69. The van der Waals surface area contributed by atoms with Gasteiger partial charge in [0.15, 0.2) is 0 Å². The molecule has 1 heterocycles. The first-order valence-corrected chi connectivity index (χ1v) is 10.3. The lowest BCUT2D eigenvalue weighted by molar-refractivity contribution is -0.119. The summed E-state index contributed by atoms with van der Waals surface area (Å²) in [7, 11) is 0. The largest absolute Gasteiger partial charge is 0.323 e. The summed E-state index contributed by atoms with van der Waals surface area (Å²) in [6, 6.07) is 20.6. The van der Waals surface area contributed by atoms with Crippen LogP contribution < -0.4 is 5.32 Å². The van der Waals surface area contributed by atoms with Gasteiger partial charge in [-0.05, 0) is 58.2 Å². The summed E-state index contributed by atoms with van der Waals surface area (Å²) in [5.41, 5.74) is 3.13. The molecule has 4 rings (SSSR count). The molecule has 0 fully saturated rings. The monoisotopic (exact) mass is 462 g/mol. The first-order valence-electron chi connectivity index (χ1n) is 9.53. The van der Waals surface area contributed by atoms with Crippen molar-refractivity contribution in [2.75, 3.05) is 5.32 Å².